The zero-order valence-corrected chi connectivity index (χ0v) is 22.8. The van der Waals surface area contributed by atoms with E-state index in [1.54, 1.807) is 24.3 Å². The summed E-state index contributed by atoms with van der Waals surface area (Å²) in [4.78, 5) is 27.3. The summed E-state index contributed by atoms with van der Waals surface area (Å²) >= 11 is 5.92. The lowest BCUT2D eigenvalue weighted by molar-refractivity contribution is -0.154. The molecule has 0 aliphatic carbocycles. The number of carbonyl (C=O) groups is 2. The van der Waals surface area contributed by atoms with Crippen molar-refractivity contribution in [3.8, 4) is 0 Å². The minimum atomic E-state index is -4.63. The minimum Gasteiger partial charge on any atom is -0.356 e. The number of benzene rings is 2. The van der Waals surface area contributed by atoms with Crippen molar-refractivity contribution in [2.45, 2.75) is 63.7 Å². The molecule has 1 aliphatic rings. The number of nitrogens with one attached hydrogen (secondary N) is 2. The molecule has 2 aromatic rings. The molecule has 2 N–H and O–H groups in total. The van der Waals surface area contributed by atoms with Crippen LogP contribution in [0.3, 0.4) is 0 Å². The monoisotopic (exact) mass is 573 g/mol. The molecule has 0 radical (unpaired) electrons. The molecule has 214 valence electrons. The van der Waals surface area contributed by atoms with Crippen molar-refractivity contribution in [3.05, 3.63) is 70.2 Å². The van der Waals surface area contributed by atoms with Gasteiger partial charge in [0.1, 0.15) is 18.1 Å². The summed E-state index contributed by atoms with van der Waals surface area (Å²) in [7, 11) is 0. The van der Waals surface area contributed by atoms with Gasteiger partial charge in [0.05, 0.1) is 12.0 Å². The quantitative estimate of drug-likeness (QED) is 0.280. The first kappa shape index (κ1) is 30.8. The van der Waals surface area contributed by atoms with Gasteiger partial charge in [0.25, 0.3) is 0 Å². The topological polar surface area (TPSA) is 61.4 Å². The average molecular weight is 574 g/mol. The summed E-state index contributed by atoms with van der Waals surface area (Å²) in [5.41, 5.74) is 0.590. The van der Waals surface area contributed by atoms with Crippen molar-refractivity contribution in [3.63, 3.8) is 0 Å². The Labute approximate surface area is 230 Å². The van der Waals surface area contributed by atoms with E-state index in [2.05, 4.69) is 15.5 Å². The van der Waals surface area contributed by atoms with Crippen molar-refractivity contribution in [1.29, 1.82) is 0 Å². The lowest BCUT2D eigenvalue weighted by atomic mass is 9.88. The van der Waals surface area contributed by atoms with E-state index in [0.29, 0.717) is 30.1 Å². The Balaban J connectivity index is 1.66. The van der Waals surface area contributed by atoms with E-state index in [-0.39, 0.29) is 30.0 Å². The fraction of sp³-hybridized carbons (Fsp3) is 0.500. The molecule has 1 heterocycles. The Morgan fingerprint density at radius 3 is 2.31 bits per heavy atom. The van der Waals surface area contributed by atoms with Crippen LogP contribution in [0.2, 0.25) is 5.02 Å². The lowest BCUT2D eigenvalue weighted by Gasteiger charge is -2.31. The Bertz CT molecular complexity index is 1150. The van der Waals surface area contributed by atoms with E-state index in [1.807, 2.05) is 20.8 Å². The molecular weight excluding hydrogens is 541 g/mol. The van der Waals surface area contributed by atoms with E-state index < -0.39 is 48.0 Å². The fourth-order valence-electron chi connectivity index (χ4n) is 4.83. The normalized spacial score (nSPS) is 19.1. The fourth-order valence-corrected chi connectivity index (χ4v) is 4.95. The van der Waals surface area contributed by atoms with Crippen LogP contribution in [0.1, 0.15) is 63.1 Å². The highest BCUT2D eigenvalue weighted by Gasteiger charge is 2.43. The Morgan fingerprint density at radius 1 is 1.05 bits per heavy atom. The SMILES string of the molecule is CC(C)(C)N1CC(c2ccc(F)cc2F)[C@H](C(=O)NCCCC(NC(=O)CC(F)(F)F)c2ccc(Cl)cc2)C1. The number of carbonyl (C=O) groups excluding carboxylic acids is 2. The van der Waals surface area contributed by atoms with Gasteiger partial charge in [-0.2, -0.15) is 13.2 Å². The van der Waals surface area contributed by atoms with Gasteiger partial charge in [0.2, 0.25) is 11.8 Å². The predicted octanol–water partition coefficient (Wildman–Crippen LogP) is 6.14. The Morgan fingerprint density at radius 2 is 1.72 bits per heavy atom. The smallest absolute Gasteiger partial charge is 0.356 e. The molecule has 1 saturated heterocycles. The number of likely N-dealkylation sites (tertiary alicyclic amines) is 1. The van der Waals surface area contributed by atoms with Crippen LogP contribution in [-0.4, -0.2) is 48.1 Å². The second kappa shape index (κ2) is 12.6. The maximum absolute atomic E-state index is 14.6. The summed E-state index contributed by atoms with van der Waals surface area (Å²) in [5.74, 6) is -3.89. The minimum absolute atomic E-state index is 0.197. The summed E-state index contributed by atoms with van der Waals surface area (Å²) in [5, 5.41) is 5.72. The molecule has 3 atom stereocenters. The number of halogens is 6. The maximum Gasteiger partial charge on any atom is 0.397 e. The molecule has 0 spiro atoms. The van der Waals surface area contributed by atoms with Crippen molar-refractivity contribution in [2.75, 3.05) is 19.6 Å². The van der Waals surface area contributed by atoms with Crippen molar-refractivity contribution in [2.24, 2.45) is 5.92 Å². The van der Waals surface area contributed by atoms with Crippen LogP contribution < -0.4 is 10.6 Å². The van der Waals surface area contributed by atoms with Gasteiger partial charge in [-0.25, -0.2) is 8.78 Å². The first-order chi connectivity index (χ1) is 18.1. The Hall–Kier alpha value is -2.72. The number of nitrogens with zero attached hydrogens (tertiary/aromatic N) is 1. The molecule has 0 bridgehead atoms. The lowest BCUT2D eigenvalue weighted by Crippen LogP contribution is -2.41. The zero-order chi connectivity index (χ0) is 29.0. The largest absolute Gasteiger partial charge is 0.397 e. The van der Waals surface area contributed by atoms with Crippen LogP contribution in [0.4, 0.5) is 22.0 Å². The molecule has 1 fully saturated rings. The number of hydrogen-bond donors (Lipinski definition) is 2. The molecule has 0 aromatic heterocycles. The van der Waals surface area contributed by atoms with E-state index >= 15 is 0 Å². The summed E-state index contributed by atoms with van der Waals surface area (Å²) < 4.78 is 66.2. The van der Waals surface area contributed by atoms with Crippen molar-refractivity contribution < 1.29 is 31.5 Å². The standard InChI is InChI=1S/C28H33ClF5N3O2/c1-27(2,3)37-15-21(20-11-10-19(30)13-23(20)31)22(16-37)26(39)35-12-4-5-24(17-6-8-18(29)9-7-17)36-25(38)14-28(32,33)34/h6-11,13,21-22,24H,4-5,12,14-16H2,1-3H3,(H,35,39)(H,36,38)/t21?,22-,24?/m1/s1. The molecule has 2 aromatic carbocycles. The molecule has 1 aliphatic heterocycles. The van der Waals surface area contributed by atoms with Gasteiger partial charge < -0.3 is 10.6 Å². The van der Waals surface area contributed by atoms with E-state index in [0.717, 1.165) is 6.07 Å². The summed E-state index contributed by atoms with van der Waals surface area (Å²) in [6.07, 6.45) is -5.61. The number of hydrogen-bond acceptors (Lipinski definition) is 3. The van der Waals surface area contributed by atoms with Gasteiger partial charge in [-0.3, -0.25) is 14.5 Å². The first-order valence-corrected chi connectivity index (χ1v) is 13.1. The number of amides is 2. The van der Waals surface area contributed by atoms with Gasteiger partial charge >= 0.3 is 6.18 Å². The van der Waals surface area contributed by atoms with Crippen LogP contribution in [0.5, 0.6) is 0 Å². The molecule has 2 amide bonds. The second-order valence-corrected chi connectivity index (χ2v) is 11.3. The van der Waals surface area contributed by atoms with Crippen LogP contribution >= 0.6 is 11.6 Å². The first-order valence-electron chi connectivity index (χ1n) is 12.7. The molecule has 39 heavy (non-hydrogen) atoms. The van der Waals surface area contributed by atoms with E-state index in [4.69, 9.17) is 11.6 Å². The van der Waals surface area contributed by atoms with E-state index in [9.17, 15) is 31.5 Å². The van der Waals surface area contributed by atoms with Crippen LogP contribution in [-0.2, 0) is 9.59 Å². The molecule has 3 rings (SSSR count). The van der Waals surface area contributed by atoms with Crippen LogP contribution in [0.15, 0.2) is 42.5 Å². The highest BCUT2D eigenvalue weighted by atomic mass is 35.5. The third-order valence-electron chi connectivity index (χ3n) is 6.90. The van der Waals surface area contributed by atoms with Crippen LogP contribution in [0, 0.1) is 17.6 Å². The van der Waals surface area contributed by atoms with Crippen LogP contribution in [0.25, 0.3) is 0 Å². The molecule has 5 nitrogen and oxygen atoms in total. The highest BCUT2D eigenvalue weighted by Crippen LogP contribution is 2.37. The van der Waals surface area contributed by atoms with Gasteiger partial charge in [-0.1, -0.05) is 29.8 Å². The number of rotatable bonds is 9. The average Bonchev–Trinajstić information content (AvgIpc) is 3.26. The van der Waals surface area contributed by atoms with Gasteiger partial charge in [0, 0.05) is 42.2 Å². The van der Waals surface area contributed by atoms with Crippen molar-refractivity contribution >= 4 is 23.4 Å². The van der Waals surface area contributed by atoms with Crippen molar-refractivity contribution in [1.82, 2.24) is 15.5 Å². The molecular formula is C28H33ClF5N3O2. The molecule has 11 heteroatoms. The third-order valence-corrected chi connectivity index (χ3v) is 7.16. The number of alkyl halides is 3. The molecule has 0 saturated carbocycles. The highest BCUT2D eigenvalue weighted by molar-refractivity contribution is 6.30. The summed E-state index contributed by atoms with van der Waals surface area (Å²) in [6, 6.07) is 9.07. The molecule has 2 unspecified atom stereocenters. The predicted molar refractivity (Wildman–Crippen MR) is 139 cm³/mol. The zero-order valence-electron chi connectivity index (χ0n) is 22.0. The van der Waals surface area contributed by atoms with Gasteiger partial charge in [-0.15, -0.1) is 0 Å². The summed E-state index contributed by atoms with van der Waals surface area (Å²) in [6.45, 7) is 6.99. The third kappa shape index (κ3) is 8.89. The maximum atomic E-state index is 14.6. The van der Waals surface area contributed by atoms with E-state index in [1.165, 1.54) is 12.1 Å². The Kier molecular flexibility index (Phi) is 9.98. The van der Waals surface area contributed by atoms with Gasteiger partial charge in [0.15, 0.2) is 0 Å². The van der Waals surface area contributed by atoms with Gasteiger partial charge in [-0.05, 0) is 62.9 Å². The second-order valence-electron chi connectivity index (χ2n) is 10.9.